The Labute approximate surface area is 236 Å². The van der Waals surface area contributed by atoms with Gasteiger partial charge in [-0.3, -0.25) is 0 Å². The second-order valence-electron chi connectivity index (χ2n) is 10.6. The summed E-state index contributed by atoms with van der Waals surface area (Å²) in [5.74, 6) is 0. The third-order valence-corrected chi connectivity index (χ3v) is 9.49. The summed E-state index contributed by atoms with van der Waals surface area (Å²) < 4.78 is 2.40. The molecule has 0 saturated carbocycles. The Bertz CT molecular complexity index is 2290. The average molecular weight is 526 g/mol. The van der Waals surface area contributed by atoms with E-state index in [9.17, 15) is 0 Å². The fourth-order valence-corrected chi connectivity index (χ4v) is 7.71. The molecule has 2 heterocycles. The fraction of sp³-hybridized carbons (Fsp3) is 0. The van der Waals surface area contributed by atoms with Gasteiger partial charge in [-0.1, -0.05) is 103 Å². The number of hydrogen-bond acceptors (Lipinski definition) is 1. The van der Waals surface area contributed by atoms with Crippen LogP contribution in [0.3, 0.4) is 0 Å². The molecular formula is C38H23NS. The van der Waals surface area contributed by atoms with Gasteiger partial charge in [-0.15, -0.1) is 0 Å². The number of aromatic nitrogens is 1. The molecule has 8 aromatic rings. The summed E-state index contributed by atoms with van der Waals surface area (Å²) in [5.41, 5.74) is 8.82. The molecule has 0 spiro atoms. The first-order valence-electron chi connectivity index (χ1n) is 13.7. The molecule has 0 fully saturated rings. The van der Waals surface area contributed by atoms with Crippen molar-refractivity contribution in [3.05, 3.63) is 140 Å². The van der Waals surface area contributed by atoms with Crippen molar-refractivity contribution in [1.82, 2.24) is 4.57 Å². The van der Waals surface area contributed by atoms with Gasteiger partial charge < -0.3 is 4.57 Å². The van der Waals surface area contributed by atoms with Crippen LogP contribution in [-0.2, 0) is 0 Å². The molecule has 0 bridgehead atoms. The molecule has 1 nitrogen and oxygen atoms in total. The molecule has 1 aromatic heterocycles. The highest BCUT2D eigenvalue weighted by molar-refractivity contribution is 7.99. The highest BCUT2D eigenvalue weighted by atomic mass is 32.2. The summed E-state index contributed by atoms with van der Waals surface area (Å²) in [6.07, 6.45) is 0. The third-order valence-electron chi connectivity index (χ3n) is 8.35. The Hall–Kier alpha value is -4.79. The summed E-state index contributed by atoms with van der Waals surface area (Å²) in [4.78, 5) is 2.66. The zero-order chi connectivity index (χ0) is 26.2. The lowest BCUT2D eigenvalue weighted by Crippen LogP contribution is -1.94. The summed E-state index contributed by atoms with van der Waals surface area (Å²) in [6, 6.07) is 51.3. The maximum absolute atomic E-state index is 2.40. The first kappa shape index (κ1) is 22.1. The van der Waals surface area contributed by atoms with Crippen LogP contribution in [-0.4, -0.2) is 4.57 Å². The quantitative estimate of drug-likeness (QED) is 0.217. The smallest absolute Gasteiger partial charge is 0.0547 e. The van der Waals surface area contributed by atoms with Crippen LogP contribution in [0.5, 0.6) is 0 Å². The second kappa shape index (κ2) is 8.35. The van der Waals surface area contributed by atoms with E-state index in [1.165, 1.54) is 81.1 Å². The molecule has 0 atom stereocenters. The first-order valence-corrected chi connectivity index (χ1v) is 14.5. The van der Waals surface area contributed by atoms with Crippen molar-refractivity contribution in [2.45, 2.75) is 9.79 Å². The second-order valence-corrected chi connectivity index (χ2v) is 11.6. The molecule has 1 aliphatic rings. The van der Waals surface area contributed by atoms with E-state index in [-0.39, 0.29) is 0 Å². The van der Waals surface area contributed by atoms with Crippen molar-refractivity contribution in [1.29, 1.82) is 0 Å². The van der Waals surface area contributed by atoms with Crippen molar-refractivity contribution in [2.75, 3.05) is 0 Å². The zero-order valence-electron chi connectivity index (χ0n) is 21.6. The number of fused-ring (bicyclic) bond motifs is 6. The molecule has 0 unspecified atom stereocenters. The molecule has 186 valence electrons. The molecule has 0 N–H and O–H groups in total. The summed E-state index contributed by atoms with van der Waals surface area (Å²) in [5, 5.41) is 7.78. The largest absolute Gasteiger partial charge is 0.309 e. The maximum atomic E-state index is 2.40. The SMILES string of the molecule is c1ccc(-n2c3ccccc3c3cc4cccc(-c5ccc6c(c5)-c5cccc7cccc(c57)S6)c4cc32)cc1. The van der Waals surface area contributed by atoms with E-state index in [0.717, 1.165) is 0 Å². The van der Waals surface area contributed by atoms with Crippen molar-refractivity contribution < 1.29 is 0 Å². The highest BCUT2D eigenvalue weighted by Gasteiger charge is 2.20. The first-order chi connectivity index (χ1) is 19.8. The molecule has 9 rings (SSSR count). The van der Waals surface area contributed by atoms with E-state index in [1.807, 2.05) is 11.8 Å². The van der Waals surface area contributed by atoms with Crippen LogP contribution < -0.4 is 0 Å². The van der Waals surface area contributed by atoms with Gasteiger partial charge in [0.1, 0.15) is 0 Å². The Morgan fingerprint density at radius 2 is 1.20 bits per heavy atom. The van der Waals surface area contributed by atoms with Crippen LogP contribution in [0, 0.1) is 0 Å². The van der Waals surface area contributed by atoms with Gasteiger partial charge >= 0.3 is 0 Å². The minimum absolute atomic E-state index is 1.18. The predicted octanol–water partition coefficient (Wildman–Crippen LogP) is 10.9. The lowest BCUT2D eigenvalue weighted by Gasteiger charge is -2.21. The maximum Gasteiger partial charge on any atom is 0.0547 e. The van der Waals surface area contributed by atoms with Gasteiger partial charge in [-0.25, -0.2) is 0 Å². The van der Waals surface area contributed by atoms with E-state index in [0.29, 0.717) is 0 Å². The van der Waals surface area contributed by atoms with E-state index in [2.05, 4.69) is 144 Å². The summed E-state index contributed by atoms with van der Waals surface area (Å²) >= 11 is 1.88. The molecule has 2 heteroatoms. The Kier molecular flexibility index (Phi) is 4.61. The van der Waals surface area contributed by atoms with E-state index in [1.54, 1.807) is 0 Å². The van der Waals surface area contributed by atoms with Crippen LogP contribution in [0.4, 0.5) is 0 Å². The molecule has 0 saturated heterocycles. The molecular weight excluding hydrogens is 502 g/mol. The molecule has 0 aliphatic carbocycles. The van der Waals surface area contributed by atoms with Gasteiger partial charge in [0, 0.05) is 31.6 Å². The van der Waals surface area contributed by atoms with Gasteiger partial charge in [0.25, 0.3) is 0 Å². The molecule has 40 heavy (non-hydrogen) atoms. The number of rotatable bonds is 2. The minimum atomic E-state index is 1.18. The lowest BCUT2D eigenvalue weighted by atomic mass is 9.92. The van der Waals surface area contributed by atoms with Crippen LogP contribution >= 0.6 is 11.8 Å². The lowest BCUT2D eigenvalue weighted by molar-refractivity contribution is 1.18. The Balaban J connectivity index is 1.32. The normalized spacial score (nSPS) is 12.4. The highest BCUT2D eigenvalue weighted by Crippen LogP contribution is 2.49. The minimum Gasteiger partial charge on any atom is -0.309 e. The standard InChI is InChI=1S/C38H23NS/c1-2-12-27(13-3-1)39-34-17-5-4-14-29(34)32-21-25-11-7-15-28(31(25)23-35(32)39)26-19-20-36-33(22-26)30-16-6-9-24-10-8-18-37(40-36)38(24)30/h1-23H. The molecule has 0 amide bonds. The van der Waals surface area contributed by atoms with Crippen molar-refractivity contribution in [3.63, 3.8) is 0 Å². The van der Waals surface area contributed by atoms with Crippen LogP contribution in [0.15, 0.2) is 149 Å². The third kappa shape index (κ3) is 3.11. The van der Waals surface area contributed by atoms with Crippen molar-refractivity contribution >= 4 is 55.1 Å². The van der Waals surface area contributed by atoms with E-state index < -0.39 is 0 Å². The van der Waals surface area contributed by atoms with Gasteiger partial charge in [0.15, 0.2) is 0 Å². The van der Waals surface area contributed by atoms with Gasteiger partial charge in [-0.2, -0.15) is 0 Å². The van der Waals surface area contributed by atoms with Crippen molar-refractivity contribution in [2.24, 2.45) is 0 Å². The topological polar surface area (TPSA) is 4.93 Å². The number of para-hydroxylation sites is 2. The van der Waals surface area contributed by atoms with Gasteiger partial charge in [0.05, 0.1) is 11.0 Å². The summed E-state index contributed by atoms with van der Waals surface area (Å²) in [7, 11) is 0. The Morgan fingerprint density at radius 3 is 2.10 bits per heavy atom. The number of hydrogen-bond donors (Lipinski definition) is 0. The van der Waals surface area contributed by atoms with Crippen LogP contribution in [0.2, 0.25) is 0 Å². The Morgan fingerprint density at radius 1 is 0.425 bits per heavy atom. The molecule has 1 aliphatic heterocycles. The zero-order valence-corrected chi connectivity index (χ0v) is 22.5. The molecule has 7 aromatic carbocycles. The van der Waals surface area contributed by atoms with E-state index in [4.69, 9.17) is 0 Å². The van der Waals surface area contributed by atoms with Gasteiger partial charge in [0.2, 0.25) is 0 Å². The van der Waals surface area contributed by atoms with E-state index >= 15 is 0 Å². The predicted molar refractivity (Wildman–Crippen MR) is 171 cm³/mol. The number of nitrogens with zero attached hydrogens (tertiary/aromatic N) is 1. The monoisotopic (exact) mass is 525 g/mol. The van der Waals surface area contributed by atoms with Crippen LogP contribution in [0.1, 0.15) is 0 Å². The average Bonchev–Trinajstić information content (AvgIpc) is 3.33. The molecule has 0 radical (unpaired) electrons. The summed E-state index contributed by atoms with van der Waals surface area (Å²) in [6.45, 7) is 0. The van der Waals surface area contributed by atoms with Crippen LogP contribution in [0.25, 0.3) is 71.3 Å². The number of benzene rings is 7. The fourth-order valence-electron chi connectivity index (χ4n) is 6.58. The van der Waals surface area contributed by atoms with Gasteiger partial charge in [-0.05, 0) is 86.9 Å². The van der Waals surface area contributed by atoms with Crippen molar-refractivity contribution in [3.8, 4) is 27.9 Å².